The first-order valence-corrected chi connectivity index (χ1v) is 16.6. The zero-order valence-corrected chi connectivity index (χ0v) is 29.0. The van der Waals surface area contributed by atoms with Crippen LogP contribution in [0.2, 0.25) is 0 Å². The fraction of sp³-hybridized carbons (Fsp3) is 0.316. The van der Waals surface area contributed by atoms with Crippen molar-refractivity contribution in [3.8, 4) is 6.07 Å². The van der Waals surface area contributed by atoms with E-state index in [9.17, 15) is 10.1 Å². The number of nitriles is 1. The van der Waals surface area contributed by atoms with Crippen molar-refractivity contribution < 1.29 is 4.79 Å². The number of hydrogen-bond donors (Lipinski definition) is 0. The molecule has 49 heavy (non-hydrogen) atoms. The van der Waals surface area contributed by atoms with E-state index in [4.69, 9.17) is 0 Å². The van der Waals surface area contributed by atoms with Gasteiger partial charge in [0.2, 0.25) is 0 Å². The number of aldehydes is 1. The van der Waals surface area contributed by atoms with Gasteiger partial charge in [-0.25, -0.2) is 19.9 Å². The Bertz CT molecular complexity index is 2160. The van der Waals surface area contributed by atoms with Gasteiger partial charge in [0, 0.05) is 70.4 Å². The number of carbonyl (C=O) groups excluding carboxylic acids is 1. The third kappa shape index (κ3) is 6.60. The number of likely N-dealkylation sites (tertiary alicyclic amines) is 1. The summed E-state index contributed by atoms with van der Waals surface area (Å²) < 4.78 is 3.98. The van der Waals surface area contributed by atoms with Crippen LogP contribution in [-0.2, 0) is 26.9 Å². The number of benzene rings is 2. The first kappa shape index (κ1) is 33.3. The second-order valence-corrected chi connectivity index (χ2v) is 12.4. The highest BCUT2D eigenvalue weighted by molar-refractivity contribution is 5.81. The fourth-order valence-corrected chi connectivity index (χ4v) is 6.29. The summed E-state index contributed by atoms with van der Waals surface area (Å²) in [6, 6.07) is 18.5. The molecule has 1 aliphatic heterocycles. The molecule has 1 unspecified atom stereocenters. The quantitative estimate of drug-likeness (QED) is 0.158. The molecule has 0 spiro atoms. The molecule has 1 fully saturated rings. The summed E-state index contributed by atoms with van der Waals surface area (Å²) in [4.78, 5) is 35.0. The van der Waals surface area contributed by atoms with E-state index in [0.29, 0.717) is 5.56 Å². The van der Waals surface area contributed by atoms with Crippen molar-refractivity contribution in [1.82, 2.24) is 34.0 Å². The Morgan fingerprint density at radius 3 is 1.80 bits per heavy atom. The van der Waals surface area contributed by atoms with Crippen molar-refractivity contribution in [1.29, 1.82) is 5.26 Å². The van der Waals surface area contributed by atoms with Crippen molar-refractivity contribution in [3.05, 3.63) is 95.8 Å². The standard InChI is InChI=1S/C21H24N6.C17H18N4O/c1-4-15-10-16(20(12-22)27-8-5-9-27)6-7-18(15)26(3)21-11-19-17(13-23-21)24-14-25(19)2;1-4-13-7-12(10-22)5-6-15(13)21(3)17-8-16-14(9-18-17)19-11-20(16)2/h6-7,10-11,13-14,20H,4-5,8-9H2,1-3H3;5-11H,4H2,1-3H3. The average molecular weight is 655 g/mol. The molecule has 250 valence electrons. The predicted octanol–water partition coefficient (Wildman–Crippen LogP) is 6.68. The van der Waals surface area contributed by atoms with Crippen molar-refractivity contribution in [2.45, 2.75) is 39.2 Å². The molecule has 1 aliphatic rings. The second kappa shape index (κ2) is 14.3. The van der Waals surface area contributed by atoms with Crippen LogP contribution in [0.4, 0.5) is 23.0 Å². The van der Waals surface area contributed by atoms with Crippen molar-refractivity contribution in [2.75, 3.05) is 37.0 Å². The Labute approximate surface area is 287 Å². The Kier molecular flexibility index (Phi) is 9.69. The zero-order valence-electron chi connectivity index (χ0n) is 29.0. The Morgan fingerprint density at radius 1 is 0.796 bits per heavy atom. The van der Waals surface area contributed by atoms with Crippen LogP contribution >= 0.6 is 0 Å². The van der Waals surface area contributed by atoms with Crippen LogP contribution in [-0.4, -0.2) is 67.4 Å². The maximum Gasteiger partial charge on any atom is 0.150 e. The fourth-order valence-electron chi connectivity index (χ4n) is 6.29. The number of pyridine rings is 2. The molecule has 7 rings (SSSR count). The van der Waals surface area contributed by atoms with Crippen molar-refractivity contribution in [2.24, 2.45) is 14.1 Å². The highest BCUT2D eigenvalue weighted by Gasteiger charge is 2.26. The van der Waals surface area contributed by atoms with Crippen molar-refractivity contribution >= 4 is 51.4 Å². The molecule has 0 bridgehead atoms. The molecule has 1 saturated heterocycles. The molecule has 1 atom stereocenters. The van der Waals surface area contributed by atoms with Crippen LogP contribution in [0, 0.1) is 11.3 Å². The minimum Gasteiger partial charge on any atom is -0.334 e. The van der Waals surface area contributed by atoms with E-state index in [1.165, 1.54) is 12.0 Å². The van der Waals surface area contributed by atoms with Crippen LogP contribution in [0.3, 0.4) is 0 Å². The number of hydrogen-bond acceptors (Lipinski definition) is 9. The molecule has 0 radical (unpaired) electrons. The Balaban J connectivity index is 0.000000174. The smallest absolute Gasteiger partial charge is 0.150 e. The summed E-state index contributed by atoms with van der Waals surface area (Å²) >= 11 is 0. The second-order valence-electron chi connectivity index (χ2n) is 12.4. The van der Waals surface area contributed by atoms with E-state index in [1.807, 2.05) is 72.7 Å². The van der Waals surface area contributed by atoms with Gasteiger partial charge in [0.05, 0.1) is 42.2 Å². The number of carbonyl (C=O) groups is 1. The Morgan fingerprint density at radius 2 is 1.33 bits per heavy atom. The van der Waals surface area contributed by atoms with Crippen LogP contribution < -0.4 is 9.80 Å². The molecule has 11 heteroatoms. The van der Waals surface area contributed by atoms with Crippen molar-refractivity contribution in [3.63, 3.8) is 0 Å². The lowest BCUT2D eigenvalue weighted by Crippen LogP contribution is -2.39. The zero-order chi connectivity index (χ0) is 34.7. The number of nitrogens with zero attached hydrogens (tertiary/aromatic N) is 10. The summed E-state index contributed by atoms with van der Waals surface area (Å²) in [7, 11) is 7.98. The lowest BCUT2D eigenvalue weighted by molar-refractivity contribution is 0.112. The number of aromatic nitrogens is 6. The van der Waals surface area contributed by atoms with Gasteiger partial charge in [-0.3, -0.25) is 9.69 Å². The van der Waals surface area contributed by atoms with Gasteiger partial charge >= 0.3 is 0 Å². The molecule has 0 amide bonds. The van der Waals surface area contributed by atoms with Gasteiger partial charge in [-0.1, -0.05) is 26.0 Å². The number of anilines is 4. The van der Waals surface area contributed by atoms with E-state index in [2.05, 4.69) is 73.9 Å². The van der Waals surface area contributed by atoms with E-state index in [0.717, 1.165) is 88.4 Å². The maximum absolute atomic E-state index is 10.9. The minimum absolute atomic E-state index is 0.146. The van der Waals surface area contributed by atoms with Gasteiger partial charge in [0.25, 0.3) is 0 Å². The molecule has 0 aliphatic carbocycles. The van der Waals surface area contributed by atoms with Crippen LogP contribution in [0.25, 0.3) is 22.1 Å². The monoisotopic (exact) mass is 654 g/mol. The summed E-state index contributed by atoms with van der Waals surface area (Å²) in [5, 5.41) is 9.62. The average Bonchev–Trinajstić information content (AvgIpc) is 3.69. The first-order chi connectivity index (χ1) is 23.8. The van der Waals surface area contributed by atoms with Gasteiger partial charge in [0.1, 0.15) is 35.0 Å². The topological polar surface area (TPSA) is 112 Å². The number of fused-ring (bicyclic) bond motifs is 2. The van der Waals surface area contributed by atoms with Gasteiger partial charge in [-0.05, 0) is 60.2 Å². The largest absolute Gasteiger partial charge is 0.334 e. The van der Waals surface area contributed by atoms with Gasteiger partial charge in [-0.15, -0.1) is 0 Å². The molecular weight excluding hydrogens is 612 g/mol. The Hall–Kier alpha value is -5.60. The number of aryl methyl sites for hydroxylation is 4. The molecule has 6 aromatic rings. The van der Waals surface area contributed by atoms with Gasteiger partial charge in [-0.2, -0.15) is 5.26 Å². The summed E-state index contributed by atoms with van der Waals surface area (Å²) in [6.07, 6.45) is 11.0. The third-order valence-electron chi connectivity index (χ3n) is 9.40. The third-order valence-corrected chi connectivity index (χ3v) is 9.40. The van der Waals surface area contributed by atoms with E-state index in [1.54, 1.807) is 18.9 Å². The highest BCUT2D eigenvalue weighted by atomic mass is 16.1. The van der Waals surface area contributed by atoms with Crippen LogP contribution in [0.5, 0.6) is 0 Å². The lowest BCUT2D eigenvalue weighted by Gasteiger charge is -2.35. The van der Waals surface area contributed by atoms with E-state index in [-0.39, 0.29) is 6.04 Å². The molecule has 0 N–H and O–H groups in total. The molecule has 4 aromatic heterocycles. The molecule has 0 saturated carbocycles. The molecular formula is C38H42N10O. The minimum atomic E-state index is -0.146. The molecule has 5 heterocycles. The van der Waals surface area contributed by atoms with Crippen LogP contribution in [0.1, 0.15) is 53.4 Å². The van der Waals surface area contributed by atoms with E-state index < -0.39 is 0 Å². The number of imidazole rings is 2. The summed E-state index contributed by atoms with van der Waals surface area (Å²) in [5.74, 6) is 1.73. The van der Waals surface area contributed by atoms with Crippen LogP contribution in [0.15, 0.2) is 73.6 Å². The highest BCUT2D eigenvalue weighted by Crippen LogP contribution is 2.33. The van der Waals surface area contributed by atoms with Gasteiger partial charge < -0.3 is 18.9 Å². The lowest BCUT2D eigenvalue weighted by atomic mass is 9.98. The maximum atomic E-state index is 10.9. The van der Waals surface area contributed by atoms with Gasteiger partial charge in [0.15, 0.2) is 0 Å². The van der Waals surface area contributed by atoms with E-state index >= 15 is 0 Å². The molecule has 2 aromatic carbocycles. The normalized spacial score (nSPS) is 13.3. The summed E-state index contributed by atoms with van der Waals surface area (Å²) in [6.45, 7) is 6.25. The predicted molar refractivity (Wildman–Crippen MR) is 195 cm³/mol. The molecule has 11 nitrogen and oxygen atoms in total. The summed E-state index contributed by atoms with van der Waals surface area (Å²) in [5.41, 5.74) is 10.2. The SMILES string of the molecule is CCc1cc(C(C#N)N2CCC2)ccc1N(C)c1cc2c(cn1)ncn2C.CCc1cc(C=O)ccc1N(C)c1cc2c(cn1)ncn2C. The first-order valence-electron chi connectivity index (χ1n) is 16.6. The number of rotatable bonds is 9.